The quantitative estimate of drug-likeness (QED) is 0.905. The number of piperidine rings is 1. The highest BCUT2D eigenvalue weighted by molar-refractivity contribution is 7.05. The van der Waals surface area contributed by atoms with Gasteiger partial charge in [-0.3, -0.25) is 4.79 Å². The van der Waals surface area contributed by atoms with Crippen molar-refractivity contribution in [3.63, 3.8) is 0 Å². The number of aromatic nitrogens is 2. The number of rotatable bonds is 5. The highest BCUT2D eigenvalue weighted by Crippen LogP contribution is 2.23. The first-order valence-corrected chi connectivity index (χ1v) is 9.21. The molecule has 1 saturated heterocycles. The molecule has 1 amide bonds. The number of nitrogens with zero attached hydrogens (tertiary/aromatic N) is 3. The number of benzene rings is 1. The van der Waals surface area contributed by atoms with Gasteiger partial charge in [0.05, 0.1) is 10.6 Å². The molecule has 1 N–H and O–H groups in total. The minimum Gasteiger partial charge on any atom is -0.343 e. The largest absolute Gasteiger partial charge is 0.343 e. The Bertz CT molecular complexity index is 673. The molecule has 128 valence electrons. The second-order valence-electron chi connectivity index (χ2n) is 6.47. The molecule has 5 nitrogen and oxygen atoms in total. The van der Waals surface area contributed by atoms with Gasteiger partial charge in [0.15, 0.2) is 0 Å². The van der Waals surface area contributed by atoms with Crippen LogP contribution in [-0.2, 0) is 17.8 Å². The van der Waals surface area contributed by atoms with E-state index in [1.54, 1.807) is 6.92 Å². The van der Waals surface area contributed by atoms with E-state index in [9.17, 15) is 4.79 Å². The summed E-state index contributed by atoms with van der Waals surface area (Å²) in [4.78, 5) is 15.0. The molecule has 0 saturated carbocycles. The van der Waals surface area contributed by atoms with E-state index in [1.165, 1.54) is 22.0 Å². The number of hydrogen-bond acceptors (Lipinski definition) is 5. The van der Waals surface area contributed by atoms with Gasteiger partial charge in [-0.25, -0.2) is 0 Å². The fourth-order valence-electron chi connectivity index (χ4n) is 3.35. The SMILES string of the molecule is CC(=O)N1CC[C@H](NCc2snnc2C)[C@H](Cc2ccccc2)C1. The van der Waals surface area contributed by atoms with Gasteiger partial charge in [0, 0.05) is 32.6 Å². The number of carbonyl (C=O) groups is 1. The Balaban J connectivity index is 1.67. The average Bonchev–Trinajstić information content (AvgIpc) is 2.99. The van der Waals surface area contributed by atoms with Crippen LogP contribution >= 0.6 is 11.5 Å². The number of hydrogen-bond donors (Lipinski definition) is 1. The van der Waals surface area contributed by atoms with Crippen LogP contribution in [0, 0.1) is 12.8 Å². The molecule has 6 heteroatoms. The Morgan fingerprint density at radius 1 is 1.38 bits per heavy atom. The molecule has 2 aromatic rings. The molecule has 0 spiro atoms. The Hall–Kier alpha value is -1.79. The lowest BCUT2D eigenvalue weighted by molar-refractivity contribution is -0.131. The van der Waals surface area contributed by atoms with Crippen LogP contribution in [0.15, 0.2) is 30.3 Å². The van der Waals surface area contributed by atoms with Gasteiger partial charge in [-0.2, -0.15) is 0 Å². The van der Waals surface area contributed by atoms with Crippen molar-refractivity contribution in [2.75, 3.05) is 13.1 Å². The number of aryl methyl sites for hydroxylation is 1. The van der Waals surface area contributed by atoms with Crippen molar-refractivity contribution >= 4 is 17.4 Å². The summed E-state index contributed by atoms with van der Waals surface area (Å²) >= 11 is 1.46. The highest BCUT2D eigenvalue weighted by atomic mass is 32.1. The van der Waals surface area contributed by atoms with Crippen molar-refractivity contribution < 1.29 is 4.79 Å². The first-order chi connectivity index (χ1) is 11.6. The first-order valence-electron chi connectivity index (χ1n) is 8.44. The Morgan fingerprint density at radius 2 is 2.17 bits per heavy atom. The Kier molecular flexibility index (Phi) is 5.58. The van der Waals surface area contributed by atoms with Gasteiger partial charge >= 0.3 is 0 Å². The third-order valence-corrected chi connectivity index (χ3v) is 5.61. The lowest BCUT2D eigenvalue weighted by Crippen LogP contribution is -2.51. The van der Waals surface area contributed by atoms with Crippen LogP contribution in [-0.4, -0.2) is 39.5 Å². The van der Waals surface area contributed by atoms with E-state index < -0.39 is 0 Å². The van der Waals surface area contributed by atoms with Crippen molar-refractivity contribution in [1.29, 1.82) is 0 Å². The molecule has 1 aliphatic heterocycles. The average molecular weight is 344 g/mol. The lowest BCUT2D eigenvalue weighted by atomic mass is 9.86. The second kappa shape index (κ2) is 7.85. The summed E-state index contributed by atoms with van der Waals surface area (Å²) in [5.41, 5.74) is 2.34. The molecule has 2 heterocycles. The van der Waals surface area contributed by atoms with Crippen LogP contribution < -0.4 is 5.32 Å². The highest BCUT2D eigenvalue weighted by Gasteiger charge is 2.30. The summed E-state index contributed by atoms with van der Waals surface area (Å²) in [5, 5.41) is 7.77. The molecule has 1 aromatic heterocycles. The maximum Gasteiger partial charge on any atom is 0.219 e. The molecule has 24 heavy (non-hydrogen) atoms. The molecule has 0 bridgehead atoms. The Morgan fingerprint density at radius 3 is 2.83 bits per heavy atom. The molecule has 3 rings (SSSR count). The molecular formula is C18H24N4OS. The fourth-order valence-corrected chi connectivity index (χ4v) is 3.93. The summed E-state index contributed by atoms with van der Waals surface area (Å²) in [6, 6.07) is 10.9. The van der Waals surface area contributed by atoms with Crippen molar-refractivity contribution in [2.45, 2.75) is 39.3 Å². The minimum atomic E-state index is 0.175. The third-order valence-electron chi connectivity index (χ3n) is 4.79. The molecule has 0 unspecified atom stereocenters. The summed E-state index contributed by atoms with van der Waals surface area (Å²) in [6.45, 7) is 6.12. The molecule has 0 aliphatic carbocycles. The fraction of sp³-hybridized carbons (Fsp3) is 0.500. The van der Waals surface area contributed by atoms with Crippen molar-refractivity contribution in [3.05, 3.63) is 46.5 Å². The van der Waals surface area contributed by atoms with Crippen LogP contribution in [0.5, 0.6) is 0 Å². The lowest BCUT2D eigenvalue weighted by Gasteiger charge is -2.39. The van der Waals surface area contributed by atoms with Gasteiger partial charge in [-0.1, -0.05) is 34.8 Å². The van der Waals surface area contributed by atoms with E-state index in [2.05, 4.69) is 39.2 Å². The minimum absolute atomic E-state index is 0.175. The Labute approximate surface area is 147 Å². The number of likely N-dealkylation sites (tertiary alicyclic amines) is 1. The van der Waals surface area contributed by atoms with Crippen LogP contribution in [0.25, 0.3) is 0 Å². The number of amides is 1. The van der Waals surface area contributed by atoms with E-state index >= 15 is 0 Å². The first kappa shape index (κ1) is 17.0. The molecule has 1 aliphatic rings. The predicted molar refractivity (Wildman–Crippen MR) is 95.8 cm³/mol. The molecule has 2 atom stereocenters. The van der Waals surface area contributed by atoms with Gasteiger partial charge in [-0.05, 0) is 42.8 Å². The van der Waals surface area contributed by atoms with Gasteiger partial charge in [0.25, 0.3) is 0 Å². The predicted octanol–water partition coefficient (Wildman–Crippen LogP) is 2.42. The zero-order valence-corrected chi connectivity index (χ0v) is 15.1. The topological polar surface area (TPSA) is 58.1 Å². The van der Waals surface area contributed by atoms with E-state index in [4.69, 9.17) is 0 Å². The van der Waals surface area contributed by atoms with Crippen LogP contribution in [0.2, 0.25) is 0 Å². The maximum atomic E-state index is 11.8. The second-order valence-corrected chi connectivity index (χ2v) is 7.31. The normalized spacial score (nSPS) is 21.0. The van der Waals surface area contributed by atoms with Gasteiger partial charge in [0.2, 0.25) is 5.91 Å². The van der Waals surface area contributed by atoms with Crippen LogP contribution in [0.4, 0.5) is 0 Å². The van der Waals surface area contributed by atoms with Crippen molar-refractivity contribution in [2.24, 2.45) is 5.92 Å². The van der Waals surface area contributed by atoms with Gasteiger partial charge in [-0.15, -0.1) is 5.10 Å². The number of nitrogens with one attached hydrogen (secondary N) is 1. The zero-order valence-electron chi connectivity index (χ0n) is 14.2. The van der Waals surface area contributed by atoms with Crippen molar-refractivity contribution in [3.8, 4) is 0 Å². The van der Waals surface area contributed by atoms with Gasteiger partial charge < -0.3 is 10.2 Å². The standard InChI is InChI=1S/C18H24N4OS/c1-13-18(24-21-20-13)11-19-17-8-9-22(14(2)23)12-16(17)10-15-6-4-3-5-7-15/h3-7,16-17,19H,8-12H2,1-2H3/t16-,17+/m1/s1. The zero-order chi connectivity index (χ0) is 16.9. The third kappa shape index (κ3) is 4.19. The molecular weight excluding hydrogens is 320 g/mol. The summed E-state index contributed by atoms with van der Waals surface area (Å²) in [6.07, 6.45) is 1.98. The molecule has 0 radical (unpaired) electrons. The molecule has 1 fully saturated rings. The van der Waals surface area contributed by atoms with Crippen molar-refractivity contribution in [1.82, 2.24) is 19.8 Å². The van der Waals surface area contributed by atoms with Gasteiger partial charge in [0.1, 0.15) is 0 Å². The molecule has 1 aromatic carbocycles. The van der Waals surface area contributed by atoms with E-state index in [0.29, 0.717) is 12.0 Å². The number of carbonyl (C=O) groups excluding carboxylic acids is 1. The van der Waals surface area contributed by atoms with E-state index in [1.807, 2.05) is 17.9 Å². The summed E-state index contributed by atoms with van der Waals surface area (Å²) in [7, 11) is 0. The monoisotopic (exact) mass is 344 g/mol. The summed E-state index contributed by atoms with van der Waals surface area (Å²) < 4.78 is 4.01. The smallest absolute Gasteiger partial charge is 0.219 e. The van der Waals surface area contributed by atoms with E-state index in [0.717, 1.165) is 38.2 Å². The maximum absolute atomic E-state index is 11.8. The van der Waals surface area contributed by atoms with E-state index in [-0.39, 0.29) is 5.91 Å². The summed E-state index contributed by atoms with van der Waals surface area (Å²) in [5.74, 6) is 0.597. The van der Waals surface area contributed by atoms with Crippen LogP contribution in [0.1, 0.15) is 29.5 Å². The van der Waals surface area contributed by atoms with Crippen LogP contribution in [0.3, 0.4) is 0 Å².